The van der Waals surface area contributed by atoms with Crippen LogP contribution >= 0.6 is 0 Å². The molecule has 0 aliphatic carbocycles. The van der Waals surface area contributed by atoms with Crippen LogP contribution < -0.4 is 4.90 Å². The zero-order valence-electron chi connectivity index (χ0n) is 13.3. The van der Waals surface area contributed by atoms with Gasteiger partial charge in [-0.25, -0.2) is 0 Å². The van der Waals surface area contributed by atoms with Crippen LogP contribution in [0.1, 0.15) is 24.2 Å². The Bertz CT molecular complexity index is 612. The smallest absolute Gasteiger partial charge is 0.108 e. The van der Waals surface area contributed by atoms with E-state index in [2.05, 4.69) is 32.3 Å². The number of anilines is 1. The average molecular weight is 301 g/mol. The van der Waals surface area contributed by atoms with E-state index < -0.39 is 0 Å². The Labute approximate surface area is 131 Å². The maximum Gasteiger partial charge on any atom is 0.108 e. The molecule has 118 valence electrons. The first kappa shape index (κ1) is 15.0. The van der Waals surface area contributed by atoms with Gasteiger partial charge in [-0.2, -0.15) is 0 Å². The van der Waals surface area contributed by atoms with Crippen molar-refractivity contribution >= 4 is 5.69 Å². The summed E-state index contributed by atoms with van der Waals surface area (Å²) in [4.78, 5) is 6.73. The predicted molar refractivity (Wildman–Crippen MR) is 84.6 cm³/mol. The lowest BCUT2D eigenvalue weighted by atomic mass is 9.97. The van der Waals surface area contributed by atoms with Crippen molar-refractivity contribution < 1.29 is 4.74 Å². The third kappa shape index (κ3) is 3.62. The van der Waals surface area contributed by atoms with Crippen molar-refractivity contribution in [3.63, 3.8) is 0 Å². The lowest BCUT2D eigenvalue weighted by Gasteiger charge is -2.34. The zero-order chi connectivity index (χ0) is 15.4. The molecule has 1 saturated heterocycles. The summed E-state index contributed by atoms with van der Waals surface area (Å²) in [5.74, 6) is 0.597. The van der Waals surface area contributed by atoms with Crippen LogP contribution in [0.25, 0.3) is 0 Å². The Balaban J connectivity index is 1.62. The molecule has 0 N–H and O–H groups in total. The number of methoxy groups -OCH3 is 1. The second-order valence-corrected chi connectivity index (χ2v) is 5.97. The van der Waals surface area contributed by atoms with Crippen LogP contribution in [0.5, 0.6) is 0 Å². The number of hydrogen-bond acceptors (Lipinski definition) is 5. The van der Waals surface area contributed by atoms with E-state index in [1.54, 1.807) is 7.11 Å². The molecule has 0 spiro atoms. The van der Waals surface area contributed by atoms with Crippen molar-refractivity contribution in [1.82, 2.24) is 20.0 Å². The molecule has 1 aliphatic heterocycles. The number of aromatic nitrogens is 4. The number of piperidine rings is 1. The molecule has 22 heavy (non-hydrogen) atoms. The number of ether oxygens (including phenoxy) is 1. The first-order chi connectivity index (χ1) is 10.7. The summed E-state index contributed by atoms with van der Waals surface area (Å²) in [6, 6.07) is 4.26. The van der Waals surface area contributed by atoms with Gasteiger partial charge in [-0.15, -0.1) is 5.10 Å². The van der Waals surface area contributed by atoms with Crippen molar-refractivity contribution in [1.29, 1.82) is 0 Å². The van der Waals surface area contributed by atoms with Gasteiger partial charge in [0.25, 0.3) is 0 Å². The van der Waals surface area contributed by atoms with Crippen LogP contribution in [-0.4, -0.2) is 40.2 Å². The normalized spacial score (nSPS) is 18.6. The van der Waals surface area contributed by atoms with Crippen molar-refractivity contribution in [2.24, 2.45) is 5.92 Å². The molecule has 0 bridgehead atoms. The lowest BCUT2D eigenvalue weighted by molar-refractivity contribution is 0.181. The largest absolute Gasteiger partial charge is 0.378 e. The molecule has 2 aromatic heterocycles. The van der Waals surface area contributed by atoms with Crippen molar-refractivity contribution in [3.8, 4) is 0 Å². The Morgan fingerprint density at radius 1 is 1.41 bits per heavy atom. The van der Waals surface area contributed by atoms with E-state index in [0.29, 0.717) is 12.5 Å². The zero-order valence-corrected chi connectivity index (χ0v) is 13.3. The van der Waals surface area contributed by atoms with Gasteiger partial charge >= 0.3 is 0 Å². The van der Waals surface area contributed by atoms with E-state index in [-0.39, 0.29) is 0 Å². The summed E-state index contributed by atoms with van der Waals surface area (Å²) >= 11 is 0. The molecule has 0 aromatic carbocycles. The number of pyridine rings is 1. The molecule has 1 fully saturated rings. The molecule has 0 unspecified atom stereocenters. The molecule has 0 saturated carbocycles. The van der Waals surface area contributed by atoms with Crippen LogP contribution in [0, 0.1) is 12.8 Å². The van der Waals surface area contributed by atoms with Crippen molar-refractivity contribution in [3.05, 3.63) is 35.9 Å². The molecular formula is C16H23N5O. The second-order valence-electron chi connectivity index (χ2n) is 5.97. The first-order valence-electron chi connectivity index (χ1n) is 7.80. The highest BCUT2D eigenvalue weighted by atomic mass is 16.5. The van der Waals surface area contributed by atoms with Gasteiger partial charge in [0.2, 0.25) is 0 Å². The van der Waals surface area contributed by atoms with Crippen LogP contribution in [0.15, 0.2) is 24.5 Å². The quantitative estimate of drug-likeness (QED) is 0.846. The van der Waals surface area contributed by atoms with E-state index >= 15 is 0 Å². The fraction of sp³-hybridized carbons (Fsp3) is 0.562. The lowest BCUT2D eigenvalue weighted by Crippen LogP contribution is -2.37. The van der Waals surface area contributed by atoms with E-state index in [1.165, 1.54) is 18.5 Å². The van der Waals surface area contributed by atoms with Crippen LogP contribution in [-0.2, 0) is 17.9 Å². The maximum absolute atomic E-state index is 5.09. The standard InChI is InChI=1S/C16H23N5O/c1-13-8-16(5-6-17-13)20-7-3-4-14(9-20)10-21-11-15(12-22-2)18-19-21/h5-6,8,11,14H,3-4,7,9-10,12H2,1-2H3/t14-/m1/s1. The molecule has 6 nitrogen and oxygen atoms in total. The third-order valence-corrected chi connectivity index (χ3v) is 4.09. The van der Waals surface area contributed by atoms with Gasteiger partial charge in [-0.1, -0.05) is 5.21 Å². The Kier molecular flexibility index (Phi) is 4.68. The topological polar surface area (TPSA) is 56.1 Å². The fourth-order valence-electron chi connectivity index (χ4n) is 3.08. The summed E-state index contributed by atoms with van der Waals surface area (Å²) in [5.41, 5.74) is 3.23. The second kappa shape index (κ2) is 6.87. The number of nitrogens with zero attached hydrogens (tertiary/aromatic N) is 5. The minimum Gasteiger partial charge on any atom is -0.378 e. The Morgan fingerprint density at radius 3 is 3.14 bits per heavy atom. The molecule has 6 heteroatoms. The molecule has 1 atom stereocenters. The van der Waals surface area contributed by atoms with Crippen LogP contribution in [0.3, 0.4) is 0 Å². The van der Waals surface area contributed by atoms with E-state index in [4.69, 9.17) is 4.74 Å². The fourth-order valence-corrected chi connectivity index (χ4v) is 3.08. The summed E-state index contributed by atoms with van der Waals surface area (Å²) in [7, 11) is 1.68. The van der Waals surface area contributed by atoms with Gasteiger partial charge < -0.3 is 9.64 Å². The summed E-state index contributed by atoms with van der Waals surface area (Å²) < 4.78 is 7.03. The molecule has 0 amide bonds. The van der Waals surface area contributed by atoms with Crippen molar-refractivity contribution in [2.75, 3.05) is 25.1 Å². The number of rotatable bonds is 5. The van der Waals surface area contributed by atoms with Crippen molar-refractivity contribution in [2.45, 2.75) is 32.9 Å². The molecule has 2 aromatic rings. The van der Waals surface area contributed by atoms with Gasteiger partial charge in [0.15, 0.2) is 0 Å². The molecule has 0 radical (unpaired) electrons. The average Bonchev–Trinajstić information content (AvgIpc) is 2.95. The summed E-state index contributed by atoms with van der Waals surface area (Å²) in [5, 5.41) is 8.33. The summed E-state index contributed by atoms with van der Waals surface area (Å²) in [6.45, 7) is 5.65. The monoisotopic (exact) mass is 301 g/mol. The third-order valence-electron chi connectivity index (χ3n) is 4.09. The number of aryl methyl sites for hydroxylation is 1. The highest BCUT2D eigenvalue weighted by Crippen LogP contribution is 2.24. The SMILES string of the molecule is COCc1cn(C[C@@H]2CCCN(c3ccnc(C)c3)C2)nn1. The Hall–Kier alpha value is -1.95. The van der Waals surface area contributed by atoms with E-state index in [9.17, 15) is 0 Å². The van der Waals surface area contributed by atoms with Crippen LogP contribution in [0.2, 0.25) is 0 Å². The number of hydrogen-bond donors (Lipinski definition) is 0. The van der Waals surface area contributed by atoms with Gasteiger partial charge in [0.05, 0.1) is 12.8 Å². The van der Waals surface area contributed by atoms with E-state index in [1.807, 2.05) is 24.0 Å². The van der Waals surface area contributed by atoms with Crippen LogP contribution in [0.4, 0.5) is 5.69 Å². The molecule has 1 aliphatic rings. The minimum absolute atomic E-state index is 0.521. The molecular weight excluding hydrogens is 278 g/mol. The van der Waals surface area contributed by atoms with Gasteiger partial charge in [0, 0.05) is 44.3 Å². The first-order valence-corrected chi connectivity index (χ1v) is 7.80. The van der Waals surface area contributed by atoms with Gasteiger partial charge in [0.1, 0.15) is 5.69 Å². The molecule has 3 rings (SSSR count). The summed E-state index contributed by atoms with van der Waals surface area (Å²) in [6.07, 6.45) is 6.33. The predicted octanol–water partition coefficient (Wildman–Crippen LogP) is 2.04. The minimum atomic E-state index is 0.521. The molecule has 3 heterocycles. The van der Waals surface area contributed by atoms with Gasteiger partial charge in [-0.3, -0.25) is 9.67 Å². The highest BCUT2D eigenvalue weighted by Gasteiger charge is 2.21. The highest BCUT2D eigenvalue weighted by molar-refractivity contribution is 5.46. The maximum atomic E-state index is 5.09. The van der Waals surface area contributed by atoms with Gasteiger partial charge in [-0.05, 0) is 37.8 Å². The Morgan fingerprint density at radius 2 is 2.32 bits per heavy atom. The van der Waals surface area contributed by atoms with E-state index in [0.717, 1.165) is 31.0 Å².